The number of pyridine rings is 1. The number of anilines is 1. The number of likely N-dealkylation sites (tertiary alicyclic amines) is 1. The van der Waals surface area contributed by atoms with Gasteiger partial charge in [0.1, 0.15) is 17.2 Å². The minimum atomic E-state index is -0.661. The van der Waals surface area contributed by atoms with Crippen molar-refractivity contribution in [1.82, 2.24) is 29.9 Å². The molecule has 0 aliphatic carbocycles. The molecule has 10 nitrogen and oxygen atoms in total. The third-order valence-corrected chi connectivity index (χ3v) is 6.94. The molecule has 0 unspecified atom stereocenters. The molecule has 0 saturated carbocycles. The second-order valence-electron chi connectivity index (χ2n) is 10.2. The molecule has 1 amide bonds. The van der Waals surface area contributed by atoms with Gasteiger partial charge in [-0.25, -0.2) is 14.2 Å². The molecular formula is C26H26Cl2FN7O3. The monoisotopic (exact) mass is 573 g/mol. The molecule has 3 aromatic heterocycles. The molecule has 5 rings (SSSR count). The Balaban J connectivity index is 1.33. The average Bonchev–Trinajstić information content (AvgIpc) is 3.57. The summed E-state index contributed by atoms with van der Waals surface area (Å²) in [5.41, 5.74) is 7.63. The van der Waals surface area contributed by atoms with E-state index in [1.165, 1.54) is 6.07 Å². The maximum Gasteiger partial charge on any atom is 0.410 e. The Bertz CT molecular complexity index is 1520. The number of benzene rings is 1. The lowest BCUT2D eigenvalue weighted by Crippen LogP contribution is -2.42. The smallest absolute Gasteiger partial charge is 0.410 e. The molecule has 0 atom stereocenters. The highest BCUT2D eigenvalue weighted by molar-refractivity contribution is 6.39. The molecule has 204 valence electrons. The predicted molar refractivity (Wildman–Crippen MR) is 145 cm³/mol. The normalized spacial score (nSPS) is 14.6. The summed E-state index contributed by atoms with van der Waals surface area (Å²) in [4.78, 5) is 18.4. The van der Waals surface area contributed by atoms with Crippen molar-refractivity contribution >= 4 is 35.1 Å². The first-order valence-electron chi connectivity index (χ1n) is 12.3. The van der Waals surface area contributed by atoms with Gasteiger partial charge in [0.2, 0.25) is 0 Å². The van der Waals surface area contributed by atoms with Crippen molar-refractivity contribution in [3.05, 3.63) is 52.7 Å². The predicted octanol–water partition coefficient (Wildman–Crippen LogP) is 6.26. The number of ether oxygens (including phenoxy) is 1. The zero-order valence-electron chi connectivity index (χ0n) is 21.5. The lowest BCUT2D eigenvalue weighted by molar-refractivity contribution is 0.0185. The van der Waals surface area contributed by atoms with E-state index in [0.717, 1.165) is 30.0 Å². The van der Waals surface area contributed by atoms with Gasteiger partial charge in [0.25, 0.3) is 11.8 Å². The zero-order valence-corrected chi connectivity index (χ0v) is 23.0. The largest absolute Gasteiger partial charge is 0.444 e. The SMILES string of the molecule is CC(C)(C)OC(=O)N1CCC(n2cc(-c3cnc(N)c(-c4nnc(-c5c(Cl)ccc(F)c5Cl)o4)c3)cn2)CC1. The van der Waals surface area contributed by atoms with E-state index >= 15 is 0 Å². The number of nitrogens with zero attached hydrogens (tertiary/aromatic N) is 6. The molecule has 0 radical (unpaired) electrons. The van der Waals surface area contributed by atoms with E-state index in [4.69, 9.17) is 38.1 Å². The molecular weight excluding hydrogens is 548 g/mol. The summed E-state index contributed by atoms with van der Waals surface area (Å²) in [6.45, 7) is 6.73. The Morgan fingerprint density at radius 3 is 2.56 bits per heavy atom. The van der Waals surface area contributed by atoms with E-state index in [0.29, 0.717) is 18.7 Å². The van der Waals surface area contributed by atoms with Gasteiger partial charge in [-0.1, -0.05) is 23.2 Å². The third kappa shape index (κ3) is 5.69. The van der Waals surface area contributed by atoms with Crippen LogP contribution in [-0.2, 0) is 4.74 Å². The van der Waals surface area contributed by atoms with Crippen LogP contribution in [-0.4, -0.2) is 54.6 Å². The fourth-order valence-electron chi connectivity index (χ4n) is 4.29. The van der Waals surface area contributed by atoms with Crippen molar-refractivity contribution in [2.75, 3.05) is 18.8 Å². The molecule has 1 fully saturated rings. The first-order valence-corrected chi connectivity index (χ1v) is 13.0. The van der Waals surface area contributed by atoms with Crippen LogP contribution in [0.4, 0.5) is 15.0 Å². The minimum Gasteiger partial charge on any atom is -0.444 e. The van der Waals surface area contributed by atoms with Crippen LogP contribution < -0.4 is 5.73 Å². The maximum atomic E-state index is 14.0. The van der Waals surface area contributed by atoms with E-state index < -0.39 is 11.4 Å². The van der Waals surface area contributed by atoms with Crippen LogP contribution in [0.25, 0.3) is 34.0 Å². The van der Waals surface area contributed by atoms with E-state index in [-0.39, 0.29) is 45.3 Å². The molecule has 2 N–H and O–H groups in total. The highest BCUT2D eigenvalue weighted by Crippen LogP contribution is 2.38. The lowest BCUT2D eigenvalue weighted by Gasteiger charge is -2.33. The topological polar surface area (TPSA) is 125 Å². The van der Waals surface area contributed by atoms with Crippen molar-refractivity contribution < 1.29 is 18.3 Å². The Morgan fingerprint density at radius 1 is 1.13 bits per heavy atom. The van der Waals surface area contributed by atoms with Gasteiger partial charge in [-0.3, -0.25) is 4.68 Å². The number of rotatable bonds is 4. The number of amides is 1. The first kappa shape index (κ1) is 26.9. The van der Waals surface area contributed by atoms with Gasteiger partial charge in [0.05, 0.1) is 33.4 Å². The molecule has 13 heteroatoms. The summed E-state index contributed by atoms with van der Waals surface area (Å²) < 4.78 is 27.1. The first-order chi connectivity index (χ1) is 18.5. The van der Waals surface area contributed by atoms with E-state index in [9.17, 15) is 9.18 Å². The highest BCUT2D eigenvalue weighted by atomic mass is 35.5. The standard InChI is InChI=1S/C26H26Cl2FN7O3/c1-26(2,3)39-25(37)35-8-6-16(7-9-35)36-13-15(12-32-36)14-10-17(22(30)31-11-14)23-33-34-24(38-23)20-18(27)4-5-19(29)21(20)28/h4-5,10-13,16H,6-9H2,1-3H3,(H2,30,31). The van der Waals surface area contributed by atoms with Gasteiger partial charge in [0, 0.05) is 36.6 Å². The Hall–Kier alpha value is -3.70. The molecule has 1 aromatic carbocycles. The number of carbonyl (C=O) groups is 1. The third-order valence-electron chi connectivity index (χ3n) is 6.26. The van der Waals surface area contributed by atoms with E-state index in [2.05, 4.69) is 20.3 Å². The van der Waals surface area contributed by atoms with Crippen LogP contribution in [0.2, 0.25) is 10.0 Å². The van der Waals surface area contributed by atoms with Gasteiger partial charge in [-0.15, -0.1) is 10.2 Å². The number of nitrogens with two attached hydrogens (primary N) is 1. The molecule has 1 aliphatic rings. The van der Waals surface area contributed by atoms with Crippen molar-refractivity contribution in [3.63, 3.8) is 0 Å². The van der Waals surface area contributed by atoms with Crippen LogP contribution in [0, 0.1) is 5.82 Å². The summed E-state index contributed by atoms with van der Waals surface area (Å²) in [5, 5.41) is 12.5. The lowest BCUT2D eigenvalue weighted by atomic mass is 10.1. The van der Waals surface area contributed by atoms with Gasteiger partial charge in [-0.05, 0) is 51.8 Å². The van der Waals surface area contributed by atoms with Crippen molar-refractivity contribution in [1.29, 1.82) is 0 Å². The number of nitrogen functional groups attached to an aromatic ring is 1. The van der Waals surface area contributed by atoms with Gasteiger partial charge in [-0.2, -0.15) is 5.10 Å². The fourth-order valence-corrected chi connectivity index (χ4v) is 4.82. The van der Waals surface area contributed by atoms with E-state index in [1.807, 2.05) is 31.6 Å². The quantitative estimate of drug-likeness (QED) is 0.283. The number of halogens is 3. The number of aromatic nitrogens is 5. The van der Waals surface area contributed by atoms with Crippen molar-refractivity contribution in [2.24, 2.45) is 0 Å². The van der Waals surface area contributed by atoms with Crippen molar-refractivity contribution in [3.8, 4) is 34.0 Å². The number of hydrogen-bond acceptors (Lipinski definition) is 8. The highest BCUT2D eigenvalue weighted by Gasteiger charge is 2.28. The number of hydrogen-bond donors (Lipinski definition) is 1. The summed E-state index contributed by atoms with van der Waals surface area (Å²) >= 11 is 12.3. The summed E-state index contributed by atoms with van der Waals surface area (Å²) in [6, 6.07) is 4.41. The van der Waals surface area contributed by atoms with Crippen LogP contribution >= 0.6 is 23.2 Å². The van der Waals surface area contributed by atoms with Gasteiger partial charge in [0.15, 0.2) is 0 Å². The van der Waals surface area contributed by atoms with Gasteiger partial charge < -0.3 is 19.8 Å². The van der Waals surface area contributed by atoms with Crippen LogP contribution in [0.5, 0.6) is 0 Å². The van der Waals surface area contributed by atoms with E-state index in [1.54, 1.807) is 23.4 Å². The molecule has 4 heterocycles. The number of carbonyl (C=O) groups excluding carboxylic acids is 1. The van der Waals surface area contributed by atoms with Crippen LogP contribution in [0.3, 0.4) is 0 Å². The summed E-state index contributed by atoms with van der Waals surface area (Å²) in [7, 11) is 0. The fraction of sp³-hybridized carbons (Fsp3) is 0.346. The number of piperidine rings is 1. The van der Waals surface area contributed by atoms with Gasteiger partial charge >= 0.3 is 6.09 Å². The van der Waals surface area contributed by atoms with Crippen molar-refractivity contribution in [2.45, 2.75) is 45.3 Å². The minimum absolute atomic E-state index is 0.0464. The molecule has 4 aromatic rings. The molecule has 0 spiro atoms. The van der Waals surface area contributed by atoms with Crippen LogP contribution in [0.15, 0.2) is 41.2 Å². The second-order valence-corrected chi connectivity index (χ2v) is 11.0. The Kier molecular flexibility index (Phi) is 7.21. The second kappa shape index (κ2) is 10.5. The average molecular weight is 574 g/mol. The maximum absolute atomic E-state index is 14.0. The molecule has 0 bridgehead atoms. The Morgan fingerprint density at radius 2 is 1.85 bits per heavy atom. The summed E-state index contributed by atoms with van der Waals surface area (Å²) in [5.74, 6) is -0.455. The molecule has 39 heavy (non-hydrogen) atoms. The molecule has 1 aliphatic heterocycles. The molecule has 1 saturated heterocycles. The zero-order chi connectivity index (χ0) is 27.9. The Labute approximate surface area is 233 Å². The van der Waals surface area contributed by atoms with Crippen LogP contribution in [0.1, 0.15) is 39.7 Å². The summed E-state index contributed by atoms with van der Waals surface area (Å²) in [6.07, 6.45) is 6.50.